The smallest absolute Gasteiger partial charge is 0.315 e. The highest BCUT2D eigenvalue weighted by molar-refractivity contribution is 5.96. The van der Waals surface area contributed by atoms with Gasteiger partial charge in [0.25, 0.3) is 5.91 Å². The van der Waals surface area contributed by atoms with E-state index < -0.39 is 11.3 Å². The van der Waals surface area contributed by atoms with Crippen LogP contribution >= 0.6 is 0 Å². The first-order chi connectivity index (χ1) is 17.1. The molecule has 0 spiro atoms. The van der Waals surface area contributed by atoms with Crippen LogP contribution in [0, 0.1) is 5.92 Å². The molecule has 6 rings (SSSR count). The molecule has 1 amide bonds. The van der Waals surface area contributed by atoms with Crippen molar-refractivity contribution >= 4 is 16.7 Å². The second kappa shape index (κ2) is 9.11. The molecule has 0 bridgehead atoms. The molecule has 1 N–H and O–H groups in total. The van der Waals surface area contributed by atoms with Crippen LogP contribution in [0.3, 0.4) is 0 Å². The van der Waals surface area contributed by atoms with E-state index in [2.05, 4.69) is 35.3 Å². The highest BCUT2D eigenvalue weighted by atomic mass is 16.5. The van der Waals surface area contributed by atoms with Gasteiger partial charge < -0.3 is 19.3 Å². The van der Waals surface area contributed by atoms with E-state index in [1.54, 1.807) is 0 Å². The fraction of sp³-hybridized carbons (Fsp3) is 0.464. The van der Waals surface area contributed by atoms with Crippen molar-refractivity contribution in [2.75, 3.05) is 19.8 Å². The Labute approximate surface area is 204 Å². The van der Waals surface area contributed by atoms with Gasteiger partial charge in [0, 0.05) is 38.3 Å². The molecule has 182 valence electrons. The SMILES string of the molecule is O=C1c2c(O)c(=O)nc(C(c3cccc4ccccc34)C3CCCC3)n2CCN1C1CCOCC1. The Balaban J connectivity index is 1.51. The Bertz CT molecular complexity index is 1320. The van der Waals surface area contributed by atoms with Crippen LogP contribution in [0.2, 0.25) is 0 Å². The molecule has 1 aromatic heterocycles. The van der Waals surface area contributed by atoms with Crippen molar-refractivity contribution in [2.45, 2.75) is 57.0 Å². The van der Waals surface area contributed by atoms with Crippen LogP contribution in [-0.4, -0.2) is 51.3 Å². The first-order valence-corrected chi connectivity index (χ1v) is 12.8. The van der Waals surface area contributed by atoms with E-state index in [4.69, 9.17) is 4.74 Å². The molecule has 0 radical (unpaired) electrons. The van der Waals surface area contributed by atoms with E-state index in [1.807, 2.05) is 21.6 Å². The van der Waals surface area contributed by atoms with E-state index in [0.29, 0.717) is 38.0 Å². The summed E-state index contributed by atoms with van der Waals surface area (Å²) < 4.78 is 7.32. The molecule has 1 aliphatic carbocycles. The predicted octanol–water partition coefficient (Wildman–Crippen LogP) is 4.06. The lowest BCUT2D eigenvalue weighted by Gasteiger charge is -2.39. The minimum Gasteiger partial charge on any atom is -0.501 e. The molecule has 3 aliphatic rings. The normalized spacial score (nSPS) is 20.3. The van der Waals surface area contributed by atoms with Gasteiger partial charge in [-0.2, -0.15) is 4.98 Å². The average Bonchev–Trinajstić information content (AvgIpc) is 3.42. The van der Waals surface area contributed by atoms with Crippen molar-refractivity contribution in [1.29, 1.82) is 0 Å². The van der Waals surface area contributed by atoms with Crippen molar-refractivity contribution in [1.82, 2.24) is 14.5 Å². The number of rotatable bonds is 4. The molecule has 35 heavy (non-hydrogen) atoms. The number of fused-ring (bicyclic) bond motifs is 2. The van der Waals surface area contributed by atoms with Crippen LogP contribution in [0.5, 0.6) is 5.75 Å². The molecular weight excluding hydrogens is 442 g/mol. The average molecular weight is 474 g/mol. The summed E-state index contributed by atoms with van der Waals surface area (Å²) in [6.07, 6.45) is 5.96. The van der Waals surface area contributed by atoms with Crippen LogP contribution in [-0.2, 0) is 11.3 Å². The van der Waals surface area contributed by atoms with Gasteiger partial charge in [0.15, 0.2) is 5.69 Å². The summed E-state index contributed by atoms with van der Waals surface area (Å²) in [6, 6.07) is 14.7. The number of ether oxygens (including phenoxy) is 1. The number of benzene rings is 2. The molecule has 7 nitrogen and oxygen atoms in total. The van der Waals surface area contributed by atoms with Crippen molar-refractivity contribution in [3.8, 4) is 5.75 Å². The number of hydrogen-bond donors (Lipinski definition) is 1. The van der Waals surface area contributed by atoms with Crippen molar-refractivity contribution in [2.24, 2.45) is 5.92 Å². The molecule has 2 fully saturated rings. The molecular formula is C28H31N3O4. The summed E-state index contributed by atoms with van der Waals surface area (Å²) in [5.74, 6) is 0.0321. The van der Waals surface area contributed by atoms with E-state index in [1.165, 1.54) is 0 Å². The first-order valence-electron chi connectivity index (χ1n) is 12.8. The Hall–Kier alpha value is -3.19. The van der Waals surface area contributed by atoms with Crippen LogP contribution in [0.1, 0.15) is 66.3 Å². The largest absolute Gasteiger partial charge is 0.501 e. The third-order valence-electron chi connectivity index (χ3n) is 8.16. The molecule has 1 saturated carbocycles. The van der Waals surface area contributed by atoms with Gasteiger partial charge in [-0.05, 0) is 47.9 Å². The highest BCUT2D eigenvalue weighted by Gasteiger charge is 2.39. The van der Waals surface area contributed by atoms with Gasteiger partial charge in [0.05, 0.1) is 0 Å². The Morgan fingerprint density at radius 3 is 2.49 bits per heavy atom. The summed E-state index contributed by atoms with van der Waals surface area (Å²) in [5, 5.41) is 13.1. The second-order valence-corrected chi connectivity index (χ2v) is 10.1. The number of amides is 1. The monoisotopic (exact) mass is 473 g/mol. The predicted molar refractivity (Wildman–Crippen MR) is 133 cm³/mol. The lowest BCUT2D eigenvalue weighted by Crippen LogP contribution is -2.50. The number of nitrogens with zero attached hydrogens (tertiary/aromatic N) is 3. The van der Waals surface area contributed by atoms with Gasteiger partial charge in [-0.25, -0.2) is 0 Å². The van der Waals surface area contributed by atoms with Crippen LogP contribution in [0.4, 0.5) is 0 Å². The first kappa shape index (κ1) is 22.3. The van der Waals surface area contributed by atoms with Crippen LogP contribution in [0.25, 0.3) is 10.8 Å². The van der Waals surface area contributed by atoms with Crippen LogP contribution < -0.4 is 5.56 Å². The molecule has 3 heterocycles. The van der Waals surface area contributed by atoms with Gasteiger partial charge in [-0.1, -0.05) is 55.3 Å². The summed E-state index contributed by atoms with van der Waals surface area (Å²) in [7, 11) is 0. The zero-order chi connectivity index (χ0) is 23.9. The molecule has 1 atom stereocenters. The second-order valence-electron chi connectivity index (χ2n) is 10.1. The Kier molecular flexibility index (Phi) is 5.80. The summed E-state index contributed by atoms with van der Waals surface area (Å²) >= 11 is 0. The number of carbonyl (C=O) groups excluding carboxylic acids is 1. The molecule has 2 aromatic carbocycles. The molecule has 1 saturated heterocycles. The van der Waals surface area contributed by atoms with Gasteiger partial charge in [-0.3, -0.25) is 9.59 Å². The minimum absolute atomic E-state index is 0.0693. The number of carbonyl (C=O) groups is 1. The zero-order valence-corrected chi connectivity index (χ0v) is 19.9. The highest BCUT2D eigenvalue weighted by Crippen LogP contribution is 2.43. The third-order valence-corrected chi connectivity index (χ3v) is 8.16. The maximum atomic E-state index is 13.7. The molecule has 7 heteroatoms. The Morgan fingerprint density at radius 1 is 0.943 bits per heavy atom. The fourth-order valence-electron chi connectivity index (χ4n) is 6.45. The summed E-state index contributed by atoms with van der Waals surface area (Å²) in [6.45, 7) is 2.31. The standard InChI is InChI=1S/C28H31N3O4/c32-25-24-28(34)30(20-12-16-35-17-13-20)14-15-31(24)26(29-27(25)33)23(19-7-1-2-8-19)22-11-5-9-18-6-3-4-10-21(18)22/h3-6,9-11,19-20,23,32H,1-2,7-8,12-17H2. The number of aromatic hydroxyl groups is 1. The van der Waals surface area contributed by atoms with Crippen molar-refractivity contribution in [3.63, 3.8) is 0 Å². The summed E-state index contributed by atoms with van der Waals surface area (Å²) in [5.41, 5.74) is 0.527. The maximum absolute atomic E-state index is 13.7. The fourth-order valence-corrected chi connectivity index (χ4v) is 6.45. The number of hydrogen-bond acceptors (Lipinski definition) is 5. The lowest BCUT2D eigenvalue weighted by atomic mass is 9.81. The molecule has 1 unspecified atom stereocenters. The lowest BCUT2D eigenvalue weighted by molar-refractivity contribution is 0.0234. The van der Waals surface area contributed by atoms with Gasteiger partial charge in [-0.15, -0.1) is 0 Å². The van der Waals surface area contributed by atoms with E-state index in [-0.39, 0.29) is 23.6 Å². The quantitative estimate of drug-likeness (QED) is 0.618. The van der Waals surface area contributed by atoms with E-state index in [0.717, 1.165) is 54.9 Å². The van der Waals surface area contributed by atoms with E-state index >= 15 is 0 Å². The Morgan fingerprint density at radius 2 is 1.69 bits per heavy atom. The summed E-state index contributed by atoms with van der Waals surface area (Å²) in [4.78, 5) is 32.9. The van der Waals surface area contributed by atoms with Gasteiger partial charge in [0.1, 0.15) is 5.82 Å². The third kappa shape index (κ3) is 3.82. The maximum Gasteiger partial charge on any atom is 0.315 e. The van der Waals surface area contributed by atoms with Crippen molar-refractivity contribution in [3.05, 3.63) is 69.9 Å². The van der Waals surface area contributed by atoms with Gasteiger partial charge >= 0.3 is 5.56 Å². The molecule has 2 aliphatic heterocycles. The zero-order valence-electron chi connectivity index (χ0n) is 19.9. The van der Waals surface area contributed by atoms with Gasteiger partial charge in [0.2, 0.25) is 5.75 Å². The number of aromatic nitrogens is 2. The topological polar surface area (TPSA) is 84.7 Å². The van der Waals surface area contributed by atoms with E-state index in [9.17, 15) is 14.7 Å². The minimum atomic E-state index is -0.711. The van der Waals surface area contributed by atoms with Crippen LogP contribution in [0.15, 0.2) is 47.3 Å². The van der Waals surface area contributed by atoms with Crippen molar-refractivity contribution < 1.29 is 14.6 Å². The molecule has 3 aromatic rings.